The Balaban J connectivity index is 3.07. The molecule has 0 fully saturated rings. The van der Waals surface area contributed by atoms with Crippen molar-refractivity contribution in [1.82, 2.24) is 0 Å². The van der Waals surface area contributed by atoms with Gasteiger partial charge in [-0.05, 0) is 19.1 Å². The zero-order valence-electron chi connectivity index (χ0n) is 9.92. The van der Waals surface area contributed by atoms with E-state index < -0.39 is 23.7 Å². The monoisotopic (exact) mass is 277 g/mol. The van der Waals surface area contributed by atoms with E-state index in [0.717, 1.165) is 0 Å². The second kappa shape index (κ2) is 6.21. The lowest BCUT2D eigenvalue weighted by Gasteiger charge is -2.13. The quantitative estimate of drug-likeness (QED) is 0.397. The van der Waals surface area contributed by atoms with Gasteiger partial charge in [0.2, 0.25) is 5.95 Å². The maximum Gasteiger partial charge on any atom is 0.427 e. The highest BCUT2D eigenvalue weighted by Crippen LogP contribution is 2.30. The van der Waals surface area contributed by atoms with Gasteiger partial charge >= 0.3 is 12.1 Å². The van der Waals surface area contributed by atoms with Crippen LogP contribution in [0.1, 0.15) is 6.92 Å². The number of para-hydroxylation sites is 1. The van der Waals surface area contributed by atoms with Gasteiger partial charge in [0.25, 0.3) is 0 Å². The number of ether oxygens (including phenoxy) is 1. The molecule has 0 spiro atoms. The Morgan fingerprint density at radius 3 is 2.32 bits per heavy atom. The fourth-order valence-corrected chi connectivity index (χ4v) is 1.24. The largest absolute Gasteiger partial charge is 0.462 e. The summed E-state index contributed by atoms with van der Waals surface area (Å²) in [6.07, 6.45) is -5.14. The Morgan fingerprint density at radius 2 is 1.84 bits per heavy atom. The van der Waals surface area contributed by atoms with Crippen molar-refractivity contribution in [1.29, 1.82) is 0 Å². The lowest BCUT2D eigenvalue weighted by molar-refractivity contribution is -0.150. The fourth-order valence-electron chi connectivity index (χ4n) is 1.24. The normalized spacial score (nSPS) is 12.7. The molecule has 0 aliphatic rings. The number of halogens is 4. The second-order valence-corrected chi connectivity index (χ2v) is 3.40. The third-order valence-electron chi connectivity index (χ3n) is 2.01. The van der Waals surface area contributed by atoms with Crippen LogP contribution in [0.15, 0.2) is 41.9 Å². The summed E-state index contributed by atoms with van der Waals surface area (Å²) in [5.74, 6) is -3.55. The van der Waals surface area contributed by atoms with Crippen molar-refractivity contribution in [2.24, 2.45) is 0 Å². The summed E-state index contributed by atoms with van der Waals surface area (Å²) >= 11 is 0. The molecule has 0 radical (unpaired) electrons. The van der Waals surface area contributed by atoms with Crippen LogP contribution in [-0.2, 0) is 9.53 Å². The molecule has 104 valence electrons. The van der Waals surface area contributed by atoms with E-state index in [1.807, 2.05) is 5.32 Å². The van der Waals surface area contributed by atoms with E-state index in [1.54, 1.807) is 6.07 Å². The van der Waals surface area contributed by atoms with E-state index in [4.69, 9.17) is 0 Å². The molecule has 19 heavy (non-hydrogen) atoms. The zero-order valence-corrected chi connectivity index (χ0v) is 9.92. The Morgan fingerprint density at radius 1 is 1.26 bits per heavy atom. The first kappa shape index (κ1) is 15.0. The second-order valence-electron chi connectivity index (χ2n) is 3.40. The molecule has 0 aliphatic heterocycles. The summed E-state index contributed by atoms with van der Waals surface area (Å²) < 4.78 is 55.6. The van der Waals surface area contributed by atoms with Crippen molar-refractivity contribution in [2.45, 2.75) is 13.1 Å². The summed E-state index contributed by atoms with van der Waals surface area (Å²) in [6.45, 7) is 1.05. The number of carbonyl (C=O) groups excluding carboxylic acids is 1. The molecule has 7 heteroatoms. The van der Waals surface area contributed by atoms with Gasteiger partial charge in [-0.25, -0.2) is 4.79 Å². The Kier molecular flexibility index (Phi) is 4.91. The molecule has 0 atom stereocenters. The summed E-state index contributed by atoms with van der Waals surface area (Å²) in [7, 11) is 0. The van der Waals surface area contributed by atoms with Gasteiger partial charge in [0.15, 0.2) is 5.57 Å². The smallest absolute Gasteiger partial charge is 0.427 e. The van der Waals surface area contributed by atoms with Crippen molar-refractivity contribution in [3.05, 3.63) is 41.9 Å². The third kappa shape index (κ3) is 4.27. The molecule has 0 amide bonds. The van der Waals surface area contributed by atoms with E-state index in [0.29, 0.717) is 0 Å². The number of esters is 1. The standard InChI is InChI=1S/C12H11F4NO2/c1-2-19-11(18)9(12(14,15)16)10(13)17-8-6-4-3-5-7-8/h3-7,17H,2H2,1H3/b10-9+. The van der Waals surface area contributed by atoms with Gasteiger partial charge in [-0.2, -0.15) is 17.6 Å². The van der Waals surface area contributed by atoms with E-state index >= 15 is 0 Å². The van der Waals surface area contributed by atoms with Crippen LogP contribution in [-0.4, -0.2) is 18.8 Å². The van der Waals surface area contributed by atoms with Crippen molar-refractivity contribution in [3.63, 3.8) is 0 Å². The number of carbonyl (C=O) groups is 1. The summed E-state index contributed by atoms with van der Waals surface area (Å²) in [5, 5.41) is 1.88. The minimum Gasteiger partial charge on any atom is -0.462 e. The van der Waals surface area contributed by atoms with Crippen molar-refractivity contribution in [3.8, 4) is 0 Å². The fraction of sp³-hybridized carbons (Fsp3) is 0.250. The van der Waals surface area contributed by atoms with Crippen LogP contribution in [0.4, 0.5) is 23.2 Å². The summed E-state index contributed by atoms with van der Waals surface area (Å²) in [6, 6.07) is 7.35. The van der Waals surface area contributed by atoms with E-state index in [-0.39, 0.29) is 12.3 Å². The van der Waals surface area contributed by atoms with Crippen molar-refractivity contribution < 1.29 is 27.1 Å². The molecule has 0 saturated heterocycles. The average molecular weight is 277 g/mol. The Bertz CT molecular complexity index is 468. The van der Waals surface area contributed by atoms with Crippen molar-refractivity contribution >= 4 is 11.7 Å². The first-order valence-corrected chi connectivity index (χ1v) is 5.32. The third-order valence-corrected chi connectivity index (χ3v) is 2.01. The Hall–Kier alpha value is -2.05. The van der Waals surface area contributed by atoms with Crippen LogP contribution in [0.3, 0.4) is 0 Å². The highest BCUT2D eigenvalue weighted by Gasteiger charge is 2.43. The molecule has 0 aromatic heterocycles. The van der Waals surface area contributed by atoms with Crippen LogP contribution in [0, 0.1) is 0 Å². The summed E-state index contributed by atoms with van der Waals surface area (Å²) in [4.78, 5) is 11.1. The van der Waals surface area contributed by atoms with Gasteiger partial charge in [-0.1, -0.05) is 18.2 Å². The molecule has 1 rings (SSSR count). The number of nitrogens with one attached hydrogen (secondary N) is 1. The van der Waals surface area contributed by atoms with E-state index in [2.05, 4.69) is 4.74 Å². The maximum absolute atomic E-state index is 13.6. The lowest BCUT2D eigenvalue weighted by Crippen LogP contribution is -2.25. The van der Waals surface area contributed by atoms with Gasteiger partial charge in [0.1, 0.15) is 0 Å². The SMILES string of the molecule is CCOC(=O)/C(=C(/F)Nc1ccccc1)C(F)(F)F. The molecule has 1 N–H and O–H groups in total. The molecule has 0 bridgehead atoms. The maximum atomic E-state index is 13.6. The number of anilines is 1. The summed E-state index contributed by atoms with van der Waals surface area (Å²) in [5.41, 5.74) is -1.90. The molecule has 0 heterocycles. The topological polar surface area (TPSA) is 38.3 Å². The number of alkyl halides is 3. The van der Waals surface area contributed by atoms with Crippen molar-refractivity contribution in [2.75, 3.05) is 11.9 Å². The lowest BCUT2D eigenvalue weighted by atomic mass is 10.2. The van der Waals surface area contributed by atoms with Crippen LogP contribution in [0.2, 0.25) is 0 Å². The van der Waals surface area contributed by atoms with Gasteiger partial charge in [-0.3, -0.25) is 0 Å². The number of rotatable bonds is 4. The van der Waals surface area contributed by atoms with Crippen LogP contribution in [0.25, 0.3) is 0 Å². The van der Waals surface area contributed by atoms with Crippen LogP contribution < -0.4 is 5.32 Å². The van der Waals surface area contributed by atoms with E-state index in [9.17, 15) is 22.4 Å². The first-order valence-electron chi connectivity index (χ1n) is 5.32. The first-order chi connectivity index (χ1) is 8.86. The predicted molar refractivity (Wildman–Crippen MR) is 60.9 cm³/mol. The molecule has 0 aliphatic carbocycles. The highest BCUT2D eigenvalue weighted by molar-refractivity contribution is 5.91. The van der Waals surface area contributed by atoms with Crippen LogP contribution >= 0.6 is 0 Å². The highest BCUT2D eigenvalue weighted by atomic mass is 19.4. The zero-order chi connectivity index (χ0) is 14.5. The van der Waals surface area contributed by atoms with Gasteiger partial charge in [-0.15, -0.1) is 0 Å². The Labute approximate surface area is 106 Å². The van der Waals surface area contributed by atoms with Gasteiger partial charge in [0, 0.05) is 5.69 Å². The molecular formula is C12H11F4NO2. The van der Waals surface area contributed by atoms with E-state index in [1.165, 1.54) is 31.2 Å². The van der Waals surface area contributed by atoms with Gasteiger partial charge < -0.3 is 10.1 Å². The molecule has 3 nitrogen and oxygen atoms in total. The molecule has 0 unspecified atom stereocenters. The van der Waals surface area contributed by atoms with Crippen LogP contribution in [0.5, 0.6) is 0 Å². The number of benzene rings is 1. The average Bonchev–Trinajstić information content (AvgIpc) is 2.28. The number of hydrogen-bond donors (Lipinski definition) is 1. The number of hydrogen-bond acceptors (Lipinski definition) is 3. The molecule has 0 saturated carbocycles. The minimum atomic E-state index is -5.14. The minimum absolute atomic E-state index is 0.0889. The molecule has 1 aromatic rings. The predicted octanol–water partition coefficient (Wildman–Crippen LogP) is 3.41. The molecular weight excluding hydrogens is 266 g/mol. The molecule has 1 aromatic carbocycles. The van der Waals surface area contributed by atoms with Gasteiger partial charge in [0.05, 0.1) is 6.61 Å².